The molecule has 0 amide bonds. The number of aromatic nitrogens is 2. The Morgan fingerprint density at radius 2 is 2.05 bits per heavy atom. The van der Waals surface area contributed by atoms with Crippen molar-refractivity contribution in [1.82, 2.24) is 19.4 Å². The van der Waals surface area contributed by atoms with Crippen LogP contribution in [0.5, 0.6) is 0 Å². The molecule has 2 aliphatic rings. The minimum Gasteiger partial charge on any atom is -0.314 e. The Balaban J connectivity index is 1.99. The fourth-order valence-corrected chi connectivity index (χ4v) is 5.49. The predicted octanol–water partition coefficient (Wildman–Crippen LogP) is 0.717. The van der Waals surface area contributed by atoms with E-state index < -0.39 is 10.0 Å². The first-order chi connectivity index (χ1) is 9.56. The Labute approximate surface area is 120 Å². The Morgan fingerprint density at radius 3 is 2.70 bits per heavy atom. The van der Waals surface area contributed by atoms with Gasteiger partial charge in [-0.3, -0.25) is 4.68 Å². The summed E-state index contributed by atoms with van der Waals surface area (Å²) in [5.74, 6) is 0. The van der Waals surface area contributed by atoms with Crippen LogP contribution in [0.4, 0.5) is 0 Å². The highest BCUT2D eigenvalue weighted by molar-refractivity contribution is 7.89. The highest BCUT2D eigenvalue weighted by Gasteiger charge is 2.46. The van der Waals surface area contributed by atoms with E-state index in [0.29, 0.717) is 11.6 Å². The van der Waals surface area contributed by atoms with Gasteiger partial charge in [0.1, 0.15) is 0 Å². The molecule has 7 heteroatoms. The third kappa shape index (κ3) is 2.17. The maximum atomic E-state index is 13.0. The van der Waals surface area contributed by atoms with E-state index >= 15 is 0 Å². The SMILES string of the molecule is Cn1nccc1S(=O)(=O)N1CCNCC12CCCCC2. The molecule has 1 aromatic heterocycles. The van der Waals surface area contributed by atoms with Gasteiger partial charge in [-0.15, -0.1) is 0 Å². The highest BCUT2D eigenvalue weighted by Crippen LogP contribution is 2.37. The standard InChI is InChI=1S/C13H22N4O2S/c1-16-12(5-8-15-16)20(18,19)17-10-9-14-11-13(17)6-3-2-4-7-13/h5,8,14H,2-4,6-7,9-11H2,1H3. The van der Waals surface area contributed by atoms with Gasteiger partial charge in [0.05, 0.1) is 6.20 Å². The van der Waals surface area contributed by atoms with Crippen molar-refractivity contribution in [2.24, 2.45) is 7.05 Å². The monoisotopic (exact) mass is 298 g/mol. The van der Waals surface area contributed by atoms with Crippen LogP contribution in [0.2, 0.25) is 0 Å². The predicted molar refractivity (Wildman–Crippen MR) is 75.8 cm³/mol. The van der Waals surface area contributed by atoms with Gasteiger partial charge in [-0.2, -0.15) is 9.40 Å². The highest BCUT2D eigenvalue weighted by atomic mass is 32.2. The van der Waals surface area contributed by atoms with Crippen molar-refractivity contribution in [1.29, 1.82) is 0 Å². The van der Waals surface area contributed by atoms with Gasteiger partial charge in [0, 0.05) is 32.2 Å². The number of sulfonamides is 1. The van der Waals surface area contributed by atoms with E-state index in [2.05, 4.69) is 10.4 Å². The number of nitrogens with zero attached hydrogens (tertiary/aromatic N) is 3. The summed E-state index contributed by atoms with van der Waals surface area (Å²) in [6.07, 6.45) is 6.89. The largest absolute Gasteiger partial charge is 0.314 e. The molecule has 1 saturated carbocycles. The number of hydrogen-bond donors (Lipinski definition) is 1. The van der Waals surface area contributed by atoms with E-state index in [1.165, 1.54) is 11.1 Å². The Bertz CT molecular complexity index is 567. The van der Waals surface area contributed by atoms with Crippen LogP contribution in [0.15, 0.2) is 17.3 Å². The van der Waals surface area contributed by atoms with Crippen molar-refractivity contribution in [3.8, 4) is 0 Å². The van der Waals surface area contributed by atoms with Crippen LogP contribution in [0, 0.1) is 0 Å². The van der Waals surface area contributed by atoms with E-state index in [0.717, 1.165) is 38.8 Å². The van der Waals surface area contributed by atoms with Crippen LogP contribution in [0.3, 0.4) is 0 Å². The minimum absolute atomic E-state index is 0.237. The van der Waals surface area contributed by atoms with Crippen LogP contribution in [-0.2, 0) is 17.1 Å². The number of hydrogen-bond acceptors (Lipinski definition) is 4. The summed E-state index contributed by atoms with van der Waals surface area (Å²) in [5.41, 5.74) is -0.237. The summed E-state index contributed by atoms with van der Waals surface area (Å²) in [6, 6.07) is 1.59. The molecular formula is C13H22N4O2S. The maximum Gasteiger partial charge on any atom is 0.260 e. The third-order valence-electron chi connectivity index (χ3n) is 4.59. The second-order valence-corrected chi connectivity index (χ2v) is 7.64. The van der Waals surface area contributed by atoms with E-state index in [1.54, 1.807) is 23.6 Å². The van der Waals surface area contributed by atoms with Crippen molar-refractivity contribution in [2.45, 2.75) is 42.7 Å². The van der Waals surface area contributed by atoms with Crippen LogP contribution < -0.4 is 5.32 Å². The molecule has 20 heavy (non-hydrogen) atoms. The lowest BCUT2D eigenvalue weighted by Crippen LogP contribution is -2.63. The lowest BCUT2D eigenvalue weighted by Gasteiger charge is -2.48. The van der Waals surface area contributed by atoms with Crippen LogP contribution in [-0.4, -0.2) is 47.7 Å². The maximum absolute atomic E-state index is 13.0. The van der Waals surface area contributed by atoms with Crippen molar-refractivity contribution < 1.29 is 8.42 Å². The molecule has 2 heterocycles. The minimum atomic E-state index is -3.46. The average molecular weight is 298 g/mol. The van der Waals surface area contributed by atoms with Crippen LogP contribution >= 0.6 is 0 Å². The van der Waals surface area contributed by atoms with E-state index in [9.17, 15) is 8.42 Å². The molecule has 0 bridgehead atoms. The average Bonchev–Trinajstić information content (AvgIpc) is 2.87. The molecular weight excluding hydrogens is 276 g/mol. The fraction of sp³-hybridized carbons (Fsp3) is 0.769. The van der Waals surface area contributed by atoms with E-state index in [4.69, 9.17) is 0 Å². The van der Waals surface area contributed by atoms with Gasteiger partial charge < -0.3 is 5.32 Å². The van der Waals surface area contributed by atoms with E-state index in [1.807, 2.05) is 0 Å². The summed E-state index contributed by atoms with van der Waals surface area (Å²) in [7, 11) is -1.78. The van der Waals surface area contributed by atoms with Crippen molar-refractivity contribution in [3.05, 3.63) is 12.3 Å². The molecule has 0 atom stereocenters. The number of piperazine rings is 1. The van der Waals surface area contributed by atoms with Gasteiger partial charge in [0.25, 0.3) is 10.0 Å². The zero-order chi connectivity index (χ0) is 14.2. The van der Waals surface area contributed by atoms with Crippen molar-refractivity contribution >= 4 is 10.0 Å². The summed E-state index contributed by atoms with van der Waals surface area (Å²) in [6.45, 7) is 2.04. The van der Waals surface area contributed by atoms with Crippen LogP contribution in [0.25, 0.3) is 0 Å². The summed E-state index contributed by atoms with van der Waals surface area (Å²) >= 11 is 0. The van der Waals surface area contributed by atoms with Crippen LogP contribution in [0.1, 0.15) is 32.1 Å². The first kappa shape index (κ1) is 14.0. The molecule has 112 valence electrons. The van der Waals surface area contributed by atoms with Crippen molar-refractivity contribution in [3.63, 3.8) is 0 Å². The second kappa shape index (κ2) is 5.13. The molecule has 1 spiro atoms. The van der Waals surface area contributed by atoms with Gasteiger partial charge in [-0.05, 0) is 18.9 Å². The summed E-state index contributed by atoms with van der Waals surface area (Å²) in [4.78, 5) is 0. The molecule has 0 unspecified atom stereocenters. The topological polar surface area (TPSA) is 67.2 Å². The zero-order valence-electron chi connectivity index (χ0n) is 11.9. The first-order valence-corrected chi connectivity index (χ1v) is 8.72. The molecule has 1 aliphatic heterocycles. The quantitative estimate of drug-likeness (QED) is 0.873. The number of nitrogens with one attached hydrogen (secondary N) is 1. The molecule has 0 aromatic carbocycles. The smallest absolute Gasteiger partial charge is 0.260 e. The first-order valence-electron chi connectivity index (χ1n) is 7.28. The van der Waals surface area contributed by atoms with Gasteiger partial charge in [0.15, 0.2) is 5.03 Å². The lowest BCUT2D eigenvalue weighted by atomic mass is 9.80. The van der Waals surface area contributed by atoms with Gasteiger partial charge in [0.2, 0.25) is 0 Å². The Hall–Kier alpha value is -0.920. The molecule has 1 aliphatic carbocycles. The molecule has 0 radical (unpaired) electrons. The van der Waals surface area contributed by atoms with Gasteiger partial charge >= 0.3 is 0 Å². The lowest BCUT2D eigenvalue weighted by molar-refractivity contribution is 0.100. The third-order valence-corrected chi connectivity index (χ3v) is 6.67. The van der Waals surface area contributed by atoms with Gasteiger partial charge in [-0.1, -0.05) is 19.3 Å². The Morgan fingerprint density at radius 1 is 1.30 bits per heavy atom. The number of rotatable bonds is 2. The number of aryl methyl sites for hydroxylation is 1. The molecule has 1 aromatic rings. The Kier molecular flexibility index (Phi) is 3.60. The normalized spacial score (nSPS) is 24.1. The van der Waals surface area contributed by atoms with Gasteiger partial charge in [-0.25, -0.2) is 8.42 Å². The zero-order valence-corrected chi connectivity index (χ0v) is 12.7. The summed E-state index contributed by atoms with van der Waals surface area (Å²) in [5, 5.41) is 7.68. The van der Waals surface area contributed by atoms with Crippen molar-refractivity contribution in [2.75, 3.05) is 19.6 Å². The molecule has 6 nitrogen and oxygen atoms in total. The molecule has 2 fully saturated rings. The summed E-state index contributed by atoms with van der Waals surface area (Å²) < 4.78 is 29.2. The second-order valence-electron chi connectivity index (χ2n) is 5.83. The fourth-order valence-electron chi connectivity index (χ4n) is 3.57. The molecule has 1 N–H and O–H groups in total. The molecule has 1 saturated heterocycles. The van der Waals surface area contributed by atoms with E-state index in [-0.39, 0.29) is 5.54 Å². The molecule has 3 rings (SSSR count).